The van der Waals surface area contributed by atoms with Crippen molar-refractivity contribution in [1.29, 1.82) is 0 Å². The molecule has 2 N–H and O–H groups in total. The second kappa shape index (κ2) is 7.02. The first kappa shape index (κ1) is 18.4. The second-order valence-electron chi connectivity index (χ2n) is 7.87. The van der Waals surface area contributed by atoms with E-state index in [0.717, 1.165) is 40.7 Å². The summed E-state index contributed by atoms with van der Waals surface area (Å²) in [4.78, 5) is 20.7. The summed E-state index contributed by atoms with van der Waals surface area (Å²) >= 11 is 6.41. The predicted molar refractivity (Wildman–Crippen MR) is 110 cm³/mol. The molecular weight excluding hydrogens is 395 g/mol. The number of hydrogen-bond donors (Lipinski definition) is 2. The summed E-state index contributed by atoms with van der Waals surface area (Å²) in [6.45, 7) is 2.12. The van der Waals surface area contributed by atoms with Crippen LogP contribution in [0.25, 0.3) is 22.2 Å². The molecule has 2 aliphatic rings. The number of nitrogens with zero attached hydrogens (tertiary/aromatic N) is 4. The molecule has 4 heterocycles. The average Bonchev–Trinajstić information content (AvgIpc) is 3.24. The lowest BCUT2D eigenvalue weighted by Gasteiger charge is -2.34. The standard InChI is InChI=1S/C20H22ClFN6O/c1-11(29)27-5-4-17(16(22)10-27)28-9-12(6-25-28)14-7-23-20-18(15(21)8-24-20)19(14)26-13-2-3-13/h6-9,13,16-17H,2-5,10H2,1H3,(H2,23,24,26)/t16-,17-/m0/s1. The van der Waals surface area contributed by atoms with Crippen LogP contribution in [0.5, 0.6) is 0 Å². The van der Waals surface area contributed by atoms with Gasteiger partial charge in [0, 0.05) is 49.2 Å². The highest BCUT2D eigenvalue weighted by Gasteiger charge is 2.32. The Morgan fingerprint density at radius 2 is 2.17 bits per heavy atom. The van der Waals surface area contributed by atoms with Crippen molar-refractivity contribution in [3.05, 3.63) is 29.8 Å². The number of amides is 1. The largest absolute Gasteiger partial charge is 0.381 e. The van der Waals surface area contributed by atoms with Crippen LogP contribution in [-0.4, -0.2) is 55.9 Å². The van der Waals surface area contributed by atoms with Crippen LogP contribution in [0.4, 0.5) is 10.1 Å². The van der Waals surface area contributed by atoms with Gasteiger partial charge in [0.15, 0.2) is 0 Å². The molecule has 1 saturated carbocycles. The number of alkyl halides is 1. The molecule has 0 aromatic carbocycles. The smallest absolute Gasteiger partial charge is 0.219 e. The molecule has 0 radical (unpaired) electrons. The van der Waals surface area contributed by atoms with Crippen LogP contribution in [0.1, 0.15) is 32.2 Å². The van der Waals surface area contributed by atoms with Gasteiger partial charge in [0.1, 0.15) is 11.8 Å². The molecule has 0 spiro atoms. The number of H-pyrrole nitrogens is 1. The molecule has 9 heteroatoms. The lowest BCUT2D eigenvalue weighted by molar-refractivity contribution is -0.131. The number of pyridine rings is 1. The van der Waals surface area contributed by atoms with Crippen LogP contribution in [0.15, 0.2) is 24.8 Å². The van der Waals surface area contributed by atoms with E-state index >= 15 is 0 Å². The molecule has 0 unspecified atom stereocenters. The predicted octanol–water partition coefficient (Wildman–Crippen LogP) is 3.79. The SMILES string of the molecule is CC(=O)N1CC[C@H](n2cc(-c3cnc4[nH]cc(Cl)c4c3NC3CC3)cn2)[C@@H](F)C1. The highest BCUT2D eigenvalue weighted by molar-refractivity contribution is 6.36. The van der Waals surface area contributed by atoms with E-state index in [2.05, 4.69) is 20.4 Å². The number of carbonyl (C=O) groups is 1. The van der Waals surface area contributed by atoms with Crippen molar-refractivity contribution in [2.45, 2.75) is 44.4 Å². The van der Waals surface area contributed by atoms with E-state index < -0.39 is 6.17 Å². The highest BCUT2D eigenvalue weighted by atomic mass is 35.5. The maximum absolute atomic E-state index is 14.7. The lowest BCUT2D eigenvalue weighted by Crippen LogP contribution is -2.44. The van der Waals surface area contributed by atoms with Gasteiger partial charge in [-0.3, -0.25) is 9.48 Å². The lowest BCUT2D eigenvalue weighted by atomic mass is 10.0. The van der Waals surface area contributed by atoms with Gasteiger partial charge >= 0.3 is 0 Å². The zero-order valence-corrected chi connectivity index (χ0v) is 16.8. The maximum Gasteiger partial charge on any atom is 0.219 e. The first-order valence-corrected chi connectivity index (χ1v) is 10.3. The molecule has 29 heavy (non-hydrogen) atoms. The summed E-state index contributed by atoms with van der Waals surface area (Å²) in [6, 6.07) is 0.0539. The third kappa shape index (κ3) is 3.35. The van der Waals surface area contributed by atoms with Gasteiger partial charge in [-0.05, 0) is 19.3 Å². The van der Waals surface area contributed by atoms with Crippen LogP contribution < -0.4 is 5.32 Å². The van der Waals surface area contributed by atoms with Crippen LogP contribution in [0.3, 0.4) is 0 Å². The van der Waals surface area contributed by atoms with Gasteiger partial charge in [-0.15, -0.1) is 0 Å². The molecule has 1 amide bonds. The maximum atomic E-state index is 14.7. The Morgan fingerprint density at radius 1 is 1.34 bits per heavy atom. The number of rotatable bonds is 4. The monoisotopic (exact) mass is 416 g/mol. The fourth-order valence-electron chi connectivity index (χ4n) is 3.99. The number of carbonyl (C=O) groups excluding carboxylic acids is 1. The van der Waals surface area contributed by atoms with Crippen molar-refractivity contribution in [2.24, 2.45) is 0 Å². The van der Waals surface area contributed by atoms with Crippen molar-refractivity contribution in [1.82, 2.24) is 24.6 Å². The number of anilines is 1. The van der Waals surface area contributed by atoms with E-state index in [0.29, 0.717) is 24.0 Å². The molecule has 1 saturated heterocycles. The minimum absolute atomic E-state index is 0.0918. The number of aromatic nitrogens is 4. The Balaban J connectivity index is 1.48. The fourth-order valence-corrected chi connectivity index (χ4v) is 4.23. The third-order valence-electron chi connectivity index (χ3n) is 5.78. The van der Waals surface area contributed by atoms with E-state index in [4.69, 9.17) is 11.6 Å². The molecule has 152 valence electrons. The van der Waals surface area contributed by atoms with Gasteiger partial charge in [0.05, 0.1) is 34.9 Å². The van der Waals surface area contributed by atoms with Crippen LogP contribution in [-0.2, 0) is 4.79 Å². The molecule has 5 rings (SSSR count). The van der Waals surface area contributed by atoms with Crippen molar-refractivity contribution < 1.29 is 9.18 Å². The molecule has 1 aliphatic heterocycles. The molecule has 0 bridgehead atoms. The Bertz CT molecular complexity index is 1070. The van der Waals surface area contributed by atoms with Gasteiger partial charge in [0.25, 0.3) is 0 Å². The minimum Gasteiger partial charge on any atom is -0.381 e. The van der Waals surface area contributed by atoms with Crippen LogP contribution >= 0.6 is 11.6 Å². The number of nitrogens with one attached hydrogen (secondary N) is 2. The summed E-state index contributed by atoms with van der Waals surface area (Å²) in [5.74, 6) is -0.0918. The summed E-state index contributed by atoms with van der Waals surface area (Å²) in [5.41, 5.74) is 3.43. The summed E-state index contributed by atoms with van der Waals surface area (Å²) < 4.78 is 16.4. The van der Waals surface area contributed by atoms with Gasteiger partial charge in [0.2, 0.25) is 5.91 Å². The molecule has 7 nitrogen and oxygen atoms in total. The summed E-state index contributed by atoms with van der Waals surface area (Å²) in [6.07, 6.45) is 8.78. The Labute approximate surface area is 172 Å². The molecule has 3 aromatic heterocycles. The van der Waals surface area contributed by atoms with Crippen molar-refractivity contribution >= 4 is 34.2 Å². The zero-order valence-electron chi connectivity index (χ0n) is 16.0. The van der Waals surface area contributed by atoms with Crippen LogP contribution in [0, 0.1) is 0 Å². The topological polar surface area (TPSA) is 78.8 Å². The fraction of sp³-hybridized carbons (Fsp3) is 0.450. The number of aromatic amines is 1. The molecule has 1 aliphatic carbocycles. The van der Waals surface area contributed by atoms with Gasteiger partial charge in [-0.2, -0.15) is 5.10 Å². The Kier molecular flexibility index (Phi) is 4.46. The third-order valence-corrected chi connectivity index (χ3v) is 6.08. The quantitative estimate of drug-likeness (QED) is 0.678. The number of fused-ring (bicyclic) bond motifs is 1. The first-order valence-electron chi connectivity index (χ1n) is 9.87. The number of hydrogen-bond acceptors (Lipinski definition) is 4. The van der Waals surface area contributed by atoms with Crippen LogP contribution in [0.2, 0.25) is 5.02 Å². The first-order chi connectivity index (χ1) is 14.0. The number of likely N-dealkylation sites (tertiary alicyclic amines) is 1. The number of piperidine rings is 1. The van der Waals surface area contributed by atoms with Crippen molar-refractivity contribution in [3.8, 4) is 11.1 Å². The molecule has 2 fully saturated rings. The number of halogens is 2. The molecular formula is C20H22ClFN6O. The summed E-state index contributed by atoms with van der Waals surface area (Å²) in [5, 5.41) is 9.49. The normalized spacial score (nSPS) is 22.2. The zero-order chi connectivity index (χ0) is 20.1. The average molecular weight is 417 g/mol. The minimum atomic E-state index is -1.15. The highest BCUT2D eigenvalue weighted by Crippen LogP contribution is 2.40. The van der Waals surface area contributed by atoms with E-state index in [9.17, 15) is 9.18 Å². The Hall–Kier alpha value is -2.61. The Morgan fingerprint density at radius 3 is 2.90 bits per heavy atom. The summed E-state index contributed by atoms with van der Waals surface area (Å²) in [7, 11) is 0. The van der Waals surface area contributed by atoms with Crippen molar-refractivity contribution in [3.63, 3.8) is 0 Å². The van der Waals surface area contributed by atoms with Crippen molar-refractivity contribution in [2.75, 3.05) is 18.4 Å². The van der Waals surface area contributed by atoms with Gasteiger partial charge in [-0.25, -0.2) is 9.37 Å². The van der Waals surface area contributed by atoms with E-state index in [-0.39, 0.29) is 18.5 Å². The molecule has 3 aromatic rings. The second-order valence-corrected chi connectivity index (χ2v) is 8.28. The van der Waals surface area contributed by atoms with Gasteiger partial charge in [-0.1, -0.05) is 11.6 Å². The van der Waals surface area contributed by atoms with E-state index in [1.165, 1.54) is 6.92 Å². The molecule has 2 atom stereocenters. The van der Waals surface area contributed by atoms with E-state index in [1.807, 2.05) is 6.20 Å². The van der Waals surface area contributed by atoms with E-state index in [1.54, 1.807) is 28.2 Å². The van der Waals surface area contributed by atoms with Gasteiger partial charge < -0.3 is 15.2 Å².